The number of imidazole rings is 1. The molecule has 1 amide bonds. The fourth-order valence-electron chi connectivity index (χ4n) is 5.05. The van der Waals surface area contributed by atoms with E-state index < -0.39 is 5.82 Å². The van der Waals surface area contributed by atoms with Crippen molar-refractivity contribution in [2.24, 2.45) is 17.6 Å². The lowest BCUT2D eigenvalue weighted by atomic mass is 9.85. The lowest BCUT2D eigenvalue weighted by Crippen LogP contribution is -2.36. The van der Waals surface area contributed by atoms with E-state index in [1.54, 1.807) is 6.20 Å². The van der Waals surface area contributed by atoms with Crippen molar-refractivity contribution >= 4 is 57.9 Å². The summed E-state index contributed by atoms with van der Waals surface area (Å²) >= 11 is 12.2. The monoisotopic (exact) mass is 535 g/mol. The molecular formula is C24H28Cl2FN7O2. The second-order valence-electron chi connectivity index (χ2n) is 9.58. The number of ether oxygens (including phenoxy) is 1. The SMILES string of the molecule is C[C@H]1COCC[C@H]1Nc1ncc2nc(Nc3c(F)cc(Cl)cc3Cl)n([C@H]3CC[C@@H](C(N)=O)CC3)c2n1. The Morgan fingerprint density at radius 2 is 1.97 bits per heavy atom. The van der Waals surface area contributed by atoms with Gasteiger partial charge in [-0.05, 0) is 50.2 Å². The van der Waals surface area contributed by atoms with E-state index in [1.807, 2.05) is 4.57 Å². The first-order valence-electron chi connectivity index (χ1n) is 12.1. The maximum Gasteiger partial charge on any atom is 0.224 e. The summed E-state index contributed by atoms with van der Waals surface area (Å²) in [4.78, 5) is 25.7. The second-order valence-corrected chi connectivity index (χ2v) is 10.4. The first-order valence-corrected chi connectivity index (χ1v) is 12.9. The van der Waals surface area contributed by atoms with Crippen LogP contribution in [0.1, 0.15) is 45.1 Å². The number of amides is 1. The fraction of sp³-hybridized carbons (Fsp3) is 0.500. The molecule has 2 fully saturated rings. The van der Waals surface area contributed by atoms with Gasteiger partial charge >= 0.3 is 0 Å². The van der Waals surface area contributed by atoms with Gasteiger partial charge in [0.25, 0.3) is 0 Å². The number of benzene rings is 1. The molecule has 1 saturated heterocycles. The second kappa shape index (κ2) is 10.4. The number of hydrogen-bond acceptors (Lipinski definition) is 7. The highest BCUT2D eigenvalue weighted by molar-refractivity contribution is 6.36. The van der Waals surface area contributed by atoms with Crippen LogP contribution in [-0.4, -0.2) is 44.7 Å². The van der Waals surface area contributed by atoms with E-state index in [9.17, 15) is 9.18 Å². The van der Waals surface area contributed by atoms with Gasteiger partial charge in [-0.1, -0.05) is 30.1 Å². The van der Waals surface area contributed by atoms with Crippen molar-refractivity contribution in [3.05, 3.63) is 34.2 Å². The van der Waals surface area contributed by atoms with Crippen LogP contribution in [-0.2, 0) is 9.53 Å². The molecular weight excluding hydrogens is 508 g/mol. The molecule has 9 nitrogen and oxygen atoms in total. The molecule has 0 bridgehead atoms. The van der Waals surface area contributed by atoms with Crippen LogP contribution < -0.4 is 16.4 Å². The number of nitrogens with zero attached hydrogens (tertiary/aromatic N) is 4. The molecule has 2 aromatic heterocycles. The molecule has 3 heterocycles. The number of anilines is 3. The van der Waals surface area contributed by atoms with Crippen molar-refractivity contribution in [3.63, 3.8) is 0 Å². The molecule has 36 heavy (non-hydrogen) atoms. The topological polar surface area (TPSA) is 120 Å². The Kier molecular flexibility index (Phi) is 7.18. The van der Waals surface area contributed by atoms with Gasteiger partial charge in [0.05, 0.1) is 23.5 Å². The molecule has 2 aliphatic rings. The number of carbonyl (C=O) groups excluding carboxylic acids is 1. The summed E-state index contributed by atoms with van der Waals surface area (Å²) in [6, 6.07) is 2.83. The van der Waals surface area contributed by atoms with Crippen molar-refractivity contribution < 1.29 is 13.9 Å². The number of rotatable bonds is 6. The predicted molar refractivity (Wildman–Crippen MR) is 137 cm³/mol. The molecule has 5 rings (SSSR count). The molecule has 1 aromatic carbocycles. The molecule has 12 heteroatoms. The average Bonchev–Trinajstić information content (AvgIpc) is 3.20. The first-order chi connectivity index (χ1) is 17.3. The van der Waals surface area contributed by atoms with Gasteiger partial charge in [-0.25, -0.2) is 14.4 Å². The Hall–Kier alpha value is -2.69. The lowest BCUT2D eigenvalue weighted by molar-refractivity contribution is -0.122. The van der Waals surface area contributed by atoms with Gasteiger partial charge < -0.3 is 21.1 Å². The number of primary amides is 1. The van der Waals surface area contributed by atoms with E-state index in [1.165, 1.54) is 12.1 Å². The van der Waals surface area contributed by atoms with E-state index in [0.717, 1.165) is 6.42 Å². The van der Waals surface area contributed by atoms with Gasteiger partial charge in [0.1, 0.15) is 11.3 Å². The summed E-state index contributed by atoms with van der Waals surface area (Å²) < 4.78 is 22.3. The standard InChI is InChI=1S/C24H28Cl2FN7O2/c1-12-11-36-7-6-18(12)30-23-29-10-19-22(33-23)34(15-4-2-13(3-5-15)21(28)35)24(31-19)32-20-16(26)8-14(25)9-17(20)27/h8-10,12-13,15,18H,2-7,11H2,1H3,(H2,28,35)(H,31,32)(H,29,30,33)/t12-,13-,15+,18+/m0/s1. The summed E-state index contributed by atoms with van der Waals surface area (Å²) in [6.45, 7) is 3.50. The van der Waals surface area contributed by atoms with Crippen LogP contribution in [0.15, 0.2) is 18.3 Å². The molecule has 2 atom stereocenters. The molecule has 0 spiro atoms. The number of halogens is 3. The zero-order valence-electron chi connectivity index (χ0n) is 19.8. The average molecular weight is 536 g/mol. The highest BCUT2D eigenvalue weighted by atomic mass is 35.5. The Balaban J connectivity index is 1.53. The molecule has 0 unspecified atom stereocenters. The first kappa shape index (κ1) is 25.0. The molecule has 0 radical (unpaired) electrons. The Morgan fingerprint density at radius 1 is 1.19 bits per heavy atom. The van der Waals surface area contributed by atoms with Crippen molar-refractivity contribution in [2.45, 2.75) is 51.1 Å². The smallest absolute Gasteiger partial charge is 0.224 e. The molecule has 4 N–H and O–H groups in total. The Bertz CT molecular complexity index is 1260. The van der Waals surface area contributed by atoms with Gasteiger partial charge in [0.15, 0.2) is 5.65 Å². The maximum absolute atomic E-state index is 14.8. The fourth-order valence-corrected chi connectivity index (χ4v) is 5.56. The summed E-state index contributed by atoms with van der Waals surface area (Å²) in [5, 5.41) is 6.83. The van der Waals surface area contributed by atoms with Crippen LogP contribution in [0.2, 0.25) is 10.0 Å². The third-order valence-electron chi connectivity index (χ3n) is 7.10. The van der Waals surface area contributed by atoms with E-state index in [4.69, 9.17) is 38.7 Å². The van der Waals surface area contributed by atoms with E-state index in [0.29, 0.717) is 67.9 Å². The van der Waals surface area contributed by atoms with E-state index >= 15 is 0 Å². The lowest BCUT2D eigenvalue weighted by Gasteiger charge is -2.30. The van der Waals surface area contributed by atoms with Crippen LogP contribution in [0.5, 0.6) is 0 Å². The third kappa shape index (κ3) is 5.07. The number of fused-ring (bicyclic) bond motifs is 1. The maximum atomic E-state index is 14.8. The predicted octanol–water partition coefficient (Wildman–Crippen LogP) is 5.07. The van der Waals surface area contributed by atoms with Gasteiger partial charge in [0, 0.05) is 29.6 Å². The van der Waals surface area contributed by atoms with Crippen molar-refractivity contribution in [3.8, 4) is 0 Å². The zero-order valence-corrected chi connectivity index (χ0v) is 21.3. The summed E-state index contributed by atoms with van der Waals surface area (Å²) in [7, 11) is 0. The van der Waals surface area contributed by atoms with Gasteiger partial charge in [-0.3, -0.25) is 9.36 Å². The summed E-state index contributed by atoms with van der Waals surface area (Å²) in [5.41, 5.74) is 6.79. The number of nitrogens with one attached hydrogen (secondary N) is 2. The van der Waals surface area contributed by atoms with Crippen molar-refractivity contribution in [1.82, 2.24) is 19.5 Å². The van der Waals surface area contributed by atoms with Crippen LogP contribution in [0.25, 0.3) is 11.2 Å². The Labute approximate surface area is 217 Å². The number of nitrogens with two attached hydrogens (primary N) is 1. The highest BCUT2D eigenvalue weighted by Gasteiger charge is 2.30. The quantitative estimate of drug-likeness (QED) is 0.402. The van der Waals surface area contributed by atoms with Crippen molar-refractivity contribution in [2.75, 3.05) is 23.8 Å². The Morgan fingerprint density at radius 3 is 2.67 bits per heavy atom. The zero-order chi connectivity index (χ0) is 25.4. The van der Waals surface area contributed by atoms with Crippen molar-refractivity contribution in [1.29, 1.82) is 0 Å². The minimum absolute atomic E-state index is 0.0213. The molecule has 1 aliphatic heterocycles. The third-order valence-corrected chi connectivity index (χ3v) is 7.61. The molecule has 1 saturated carbocycles. The highest BCUT2D eigenvalue weighted by Crippen LogP contribution is 2.38. The van der Waals surface area contributed by atoms with E-state index in [-0.39, 0.29) is 39.6 Å². The molecule has 192 valence electrons. The summed E-state index contributed by atoms with van der Waals surface area (Å²) in [5.74, 6) is 0.177. The van der Waals surface area contributed by atoms with Gasteiger partial charge in [-0.2, -0.15) is 4.98 Å². The molecule has 1 aliphatic carbocycles. The van der Waals surface area contributed by atoms with Crippen LogP contribution in [0.3, 0.4) is 0 Å². The van der Waals surface area contributed by atoms with Crippen LogP contribution in [0.4, 0.5) is 22.0 Å². The minimum atomic E-state index is -0.592. The van der Waals surface area contributed by atoms with E-state index in [2.05, 4.69) is 27.5 Å². The molecule has 3 aromatic rings. The number of hydrogen-bond donors (Lipinski definition) is 3. The number of aromatic nitrogens is 4. The largest absolute Gasteiger partial charge is 0.381 e. The normalized spacial score (nSPS) is 24.6. The van der Waals surface area contributed by atoms with Gasteiger partial charge in [-0.15, -0.1) is 0 Å². The van der Waals surface area contributed by atoms with Gasteiger partial charge in [0.2, 0.25) is 17.8 Å². The summed E-state index contributed by atoms with van der Waals surface area (Å²) in [6.07, 6.45) is 5.24. The minimum Gasteiger partial charge on any atom is -0.381 e. The number of carbonyl (C=O) groups is 1. The van der Waals surface area contributed by atoms with Crippen LogP contribution >= 0.6 is 23.2 Å². The van der Waals surface area contributed by atoms with Crippen LogP contribution in [0, 0.1) is 17.7 Å².